The third kappa shape index (κ3) is 4.15. The van der Waals surface area contributed by atoms with Crippen molar-refractivity contribution in [3.8, 4) is 0 Å². The lowest BCUT2D eigenvalue weighted by atomic mass is 9.67. The van der Waals surface area contributed by atoms with Gasteiger partial charge in [0, 0.05) is 17.6 Å². The highest BCUT2D eigenvalue weighted by atomic mass is 35.5. The van der Waals surface area contributed by atoms with E-state index in [9.17, 15) is 0 Å². The van der Waals surface area contributed by atoms with Crippen LogP contribution in [0.1, 0.15) is 37.0 Å². The Bertz CT molecular complexity index is 672. The van der Waals surface area contributed by atoms with Gasteiger partial charge in [0.25, 0.3) is 0 Å². The first-order valence-electron chi connectivity index (χ1n) is 8.51. The van der Waals surface area contributed by atoms with Crippen molar-refractivity contribution < 1.29 is 4.74 Å². The number of nitrogens with one attached hydrogen (secondary N) is 1. The lowest BCUT2D eigenvalue weighted by Gasteiger charge is -2.44. The Morgan fingerprint density at radius 2 is 1.72 bits per heavy atom. The number of hydrogen-bond donors (Lipinski definition) is 1. The van der Waals surface area contributed by atoms with Crippen molar-refractivity contribution in [3.63, 3.8) is 0 Å². The average molecular weight is 401 g/mol. The normalized spacial score (nSPS) is 17.6. The summed E-state index contributed by atoms with van der Waals surface area (Å²) in [6.45, 7) is 4.61. The van der Waals surface area contributed by atoms with Gasteiger partial charge in [0.15, 0.2) is 0 Å². The number of ether oxygens (including phenoxy) is 1. The number of benzene rings is 2. The van der Waals surface area contributed by atoms with Crippen molar-refractivity contribution in [1.29, 1.82) is 0 Å². The molecular formula is C20H24Cl3NO. The summed E-state index contributed by atoms with van der Waals surface area (Å²) in [6.07, 6.45) is 1.90. The molecule has 2 aromatic carbocycles. The zero-order chi connectivity index (χ0) is 17.0. The van der Waals surface area contributed by atoms with Gasteiger partial charge in [0.2, 0.25) is 0 Å². The Morgan fingerprint density at radius 3 is 2.36 bits per heavy atom. The van der Waals surface area contributed by atoms with Gasteiger partial charge < -0.3 is 10.1 Å². The van der Waals surface area contributed by atoms with E-state index >= 15 is 0 Å². The molecule has 5 heteroatoms. The van der Waals surface area contributed by atoms with E-state index in [1.807, 2.05) is 25.1 Å². The molecule has 1 fully saturated rings. The number of rotatable bonds is 5. The molecule has 0 aromatic heterocycles. The van der Waals surface area contributed by atoms with Crippen LogP contribution < -0.4 is 5.32 Å². The fraction of sp³-hybridized carbons (Fsp3) is 0.400. The first-order valence-corrected chi connectivity index (χ1v) is 9.26. The van der Waals surface area contributed by atoms with Crippen molar-refractivity contribution >= 4 is 35.6 Å². The minimum atomic E-state index is -0.113. The third-order valence-corrected chi connectivity index (χ3v) is 5.78. The lowest BCUT2D eigenvalue weighted by molar-refractivity contribution is -0.0130. The van der Waals surface area contributed by atoms with Crippen molar-refractivity contribution in [2.45, 2.75) is 31.3 Å². The number of halogens is 3. The van der Waals surface area contributed by atoms with E-state index in [0.29, 0.717) is 16.7 Å². The van der Waals surface area contributed by atoms with Crippen molar-refractivity contribution in [2.24, 2.45) is 0 Å². The summed E-state index contributed by atoms with van der Waals surface area (Å²) >= 11 is 12.9. The molecule has 0 saturated carbocycles. The van der Waals surface area contributed by atoms with Gasteiger partial charge in [-0.25, -0.2) is 0 Å². The molecular weight excluding hydrogens is 377 g/mol. The predicted octanol–water partition coefficient (Wildman–Crippen LogP) is 5.81. The second-order valence-corrected chi connectivity index (χ2v) is 7.04. The highest BCUT2D eigenvalue weighted by Crippen LogP contribution is 2.48. The molecule has 1 saturated heterocycles. The largest absolute Gasteiger partial charge is 0.373 e. The first kappa shape index (κ1) is 20.5. The smallest absolute Gasteiger partial charge is 0.0937 e. The third-order valence-electron chi connectivity index (χ3n) is 4.94. The molecule has 1 heterocycles. The molecule has 1 atom stereocenters. The maximum Gasteiger partial charge on any atom is 0.0937 e. The van der Waals surface area contributed by atoms with Gasteiger partial charge in [-0.15, -0.1) is 12.4 Å². The molecule has 0 spiro atoms. The van der Waals surface area contributed by atoms with E-state index in [0.717, 1.165) is 31.5 Å². The van der Waals surface area contributed by atoms with Crippen LogP contribution in [0.25, 0.3) is 0 Å². The van der Waals surface area contributed by atoms with Crippen LogP contribution in [-0.4, -0.2) is 19.7 Å². The van der Waals surface area contributed by atoms with E-state index in [4.69, 9.17) is 27.9 Å². The molecule has 0 aliphatic carbocycles. The van der Waals surface area contributed by atoms with Crippen LogP contribution in [0.3, 0.4) is 0 Å². The summed E-state index contributed by atoms with van der Waals surface area (Å²) in [7, 11) is 0. The van der Waals surface area contributed by atoms with Crippen molar-refractivity contribution in [2.75, 3.05) is 19.7 Å². The lowest BCUT2D eigenvalue weighted by Crippen LogP contribution is -2.45. The van der Waals surface area contributed by atoms with Crippen LogP contribution in [0, 0.1) is 0 Å². The minimum absolute atomic E-state index is 0. The minimum Gasteiger partial charge on any atom is -0.373 e. The summed E-state index contributed by atoms with van der Waals surface area (Å²) < 4.78 is 6.29. The quantitative estimate of drug-likeness (QED) is 0.683. The summed E-state index contributed by atoms with van der Waals surface area (Å²) in [5, 5.41) is 4.65. The van der Waals surface area contributed by atoms with Crippen LogP contribution >= 0.6 is 35.6 Å². The van der Waals surface area contributed by atoms with Crippen LogP contribution in [-0.2, 0) is 10.2 Å². The second-order valence-electron chi connectivity index (χ2n) is 6.25. The number of piperidine rings is 1. The van der Waals surface area contributed by atoms with E-state index in [2.05, 4.69) is 35.6 Å². The molecule has 1 N–H and O–H groups in total. The van der Waals surface area contributed by atoms with E-state index < -0.39 is 0 Å². The molecule has 2 aromatic rings. The Labute approximate surface area is 166 Å². The summed E-state index contributed by atoms with van der Waals surface area (Å²) in [5.74, 6) is 0. The van der Waals surface area contributed by atoms with Gasteiger partial charge in [-0.3, -0.25) is 0 Å². The topological polar surface area (TPSA) is 21.3 Å². The number of hydrogen-bond acceptors (Lipinski definition) is 2. The first-order chi connectivity index (χ1) is 11.7. The summed E-state index contributed by atoms with van der Waals surface area (Å²) in [5.41, 5.74) is 2.19. The molecule has 0 amide bonds. The van der Waals surface area contributed by atoms with Gasteiger partial charge in [0.05, 0.1) is 16.1 Å². The molecule has 136 valence electrons. The van der Waals surface area contributed by atoms with E-state index in [1.54, 1.807) is 0 Å². The molecule has 3 rings (SSSR count). The SMILES string of the molecule is CCOC(c1cccc(Cl)c1Cl)C1(c2ccccc2)CCNCC1.Cl. The fourth-order valence-electron chi connectivity index (χ4n) is 3.78. The Morgan fingerprint density at radius 1 is 1.04 bits per heavy atom. The zero-order valence-electron chi connectivity index (χ0n) is 14.3. The molecule has 25 heavy (non-hydrogen) atoms. The predicted molar refractivity (Wildman–Crippen MR) is 108 cm³/mol. The van der Waals surface area contributed by atoms with Crippen LogP contribution in [0.4, 0.5) is 0 Å². The van der Waals surface area contributed by atoms with Gasteiger partial charge in [-0.05, 0) is 44.5 Å². The monoisotopic (exact) mass is 399 g/mol. The van der Waals surface area contributed by atoms with E-state index in [1.165, 1.54) is 5.56 Å². The Balaban J connectivity index is 0.00000225. The molecule has 0 radical (unpaired) electrons. The Kier molecular flexibility index (Phi) is 7.60. The molecule has 2 nitrogen and oxygen atoms in total. The maximum absolute atomic E-state index is 6.56. The van der Waals surface area contributed by atoms with Crippen LogP contribution in [0.5, 0.6) is 0 Å². The van der Waals surface area contributed by atoms with Gasteiger partial charge in [-0.1, -0.05) is 65.7 Å². The average Bonchev–Trinajstić information content (AvgIpc) is 2.64. The van der Waals surface area contributed by atoms with Crippen molar-refractivity contribution in [3.05, 3.63) is 69.7 Å². The molecule has 0 bridgehead atoms. The summed E-state index contributed by atoms with van der Waals surface area (Å²) in [4.78, 5) is 0. The van der Waals surface area contributed by atoms with Gasteiger partial charge >= 0.3 is 0 Å². The zero-order valence-corrected chi connectivity index (χ0v) is 16.6. The van der Waals surface area contributed by atoms with Gasteiger partial charge in [0.1, 0.15) is 0 Å². The fourth-order valence-corrected chi connectivity index (χ4v) is 4.19. The standard InChI is InChI=1S/C20H23Cl2NO.ClH/c1-2-24-19(16-9-6-10-17(21)18(16)22)20(11-13-23-14-12-20)15-7-4-3-5-8-15;/h3-10,19,23H,2,11-14H2,1H3;1H. The van der Waals surface area contributed by atoms with Gasteiger partial charge in [-0.2, -0.15) is 0 Å². The molecule has 1 unspecified atom stereocenters. The van der Waals surface area contributed by atoms with E-state index in [-0.39, 0.29) is 23.9 Å². The maximum atomic E-state index is 6.56. The molecule has 1 aliphatic heterocycles. The summed E-state index contributed by atoms with van der Waals surface area (Å²) in [6, 6.07) is 16.5. The van der Waals surface area contributed by atoms with Crippen LogP contribution in [0.15, 0.2) is 48.5 Å². The van der Waals surface area contributed by atoms with Crippen molar-refractivity contribution in [1.82, 2.24) is 5.32 Å². The Hall–Kier alpha value is -0.770. The second kappa shape index (κ2) is 9.25. The highest BCUT2D eigenvalue weighted by molar-refractivity contribution is 6.42. The van der Waals surface area contributed by atoms with Crippen LogP contribution in [0.2, 0.25) is 10.0 Å². The molecule has 1 aliphatic rings. The highest BCUT2D eigenvalue weighted by Gasteiger charge is 2.43.